The quantitative estimate of drug-likeness (QED) is 0.0261. The summed E-state index contributed by atoms with van der Waals surface area (Å²) in [7, 11) is -15.6. The van der Waals surface area contributed by atoms with Crippen molar-refractivity contribution in [2.45, 2.75) is 95.3 Å². The molecule has 3 unspecified atom stereocenters. The Bertz CT molecular complexity index is 4510. The van der Waals surface area contributed by atoms with Gasteiger partial charge in [0.1, 0.15) is 78.4 Å². The molecule has 6 N–H and O–H groups in total. The van der Waals surface area contributed by atoms with Crippen molar-refractivity contribution in [3.05, 3.63) is 196 Å². The number of hydrogen-bond donors (Lipinski definition) is 6. The molecule has 3 fully saturated rings. The van der Waals surface area contributed by atoms with Crippen molar-refractivity contribution in [3.8, 4) is 17.2 Å². The molecule has 95 heavy (non-hydrogen) atoms. The molecule has 1 amide bonds. The summed E-state index contributed by atoms with van der Waals surface area (Å²) in [5.41, 5.74) is -2.74. The minimum atomic E-state index is -5.30. The van der Waals surface area contributed by atoms with Gasteiger partial charge in [-0.1, -0.05) is 103 Å². The van der Waals surface area contributed by atoms with Gasteiger partial charge in [0.2, 0.25) is 5.95 Å². The molecule has 0 radical (unpaired) electrons. The molecule has 3 aliphatic heterocycles. The number of phosphoric ester groups is 3. The molecule has 0 spiro atoms. The zero-order valence-electron chi connectivity index (χ0n) is 50.2. The van der Waals surface area contributed by atoms with Gasteiger partial charge >= 0.3 is 34.8 Å². The second kappa shape index (κ2) is 29.5. The highest BCUT2D eigenvalue weighted by Crippen LogP contribution is 2.58. The second-order valence-electron chi connectivity index (χ2n) is 22.0. The summed E-state index contributed by atoms with van der Waals surface area (Å²) < 4.78 is 115. The van der Waals surface area contributed by atoms with Gasteiger partial charge in [-0.3, -0.25) is 65.6 Å². The number of phosphoric acid groups is 3. The van der Waals surface area contributed by atoms with E-state index in [0.29, 0.717) is 6.54 Å². The van der Waals surface area contributed by atoms with Gasteiger partial charge in [-0.05, 0) is 67.4 Å². The minimum Gasteiger partial charge on any atom is -0.403 e. The maximum absolute atomic E-state index is 15.7. The van der Waals surface area contributed by atoms with E-state index in [4.69, 9.17) is 85.2 Å². The number of nitrogens with one attached hydrogen (secondary N) is 4. The minimum absolute atomic E-state index is 0.0318. The number of aromatic nitrogens is 8. The number of amides is 1. The third-order valence-corrected chi connectivity index (χ3v) is 19.5. The first-order valence-corrected chi connectivity index (χ1v) is 34.7. The number of rotatable bonds is 27. The van der Waals surface area contributed by atoms with E-state index < -0.39 is 140 Å². The zero-order valence-corrected chi connectivity index (χ0v) is 55.1. The van der Waals surface area contributed by atoms with Crippen molar-refractivity contribution in [2.75, 3.05) is 37.0 Å². The molecular weight excluding hydrogens is 1370 g/mol. The maximum atomic E-state index is 15.7. The number of ether oxygens (including phenoxy) is 3. The number of aromatic amines is 2. The van der Waals surface area contributed by atoms with E-state index in [2.05, 4.69) is 35.6 Å². The van der Waals surface area contributed by atoms with Gasteiger partial charge in [-0.25, -0.2) is 28.3 Å². The van der Waals surface area contributed by atoms with E-state index in [-0.39, 0.29) is 78.7 Å². The molecule has 0 aliphatic carbocycles. The lowest BCUT2D eigenvalue weighted by atomic mass is 10.2. The van der Waals surface area contributed by atoms with Crippen LogP contribution in [0.15, 0.2) is 147 Å². The number of H-pyrrole nitrogens is 2. The number of fused-ring (bicyclic) bond motifs is 1. The summed E-state index contributed by atoms with van der Waals surface area (Å²) in [6.07, 6.45) is -10.1. The SMILES string of the molecule is Cc1cn([C@H]2C[C@H](OP(=O)(O)Oc3ccccc3Cl)[C@@H](COP(=O)(Oc3ccccc3Cl)O[C@H]3C[C@H](n4ccc(NC(=O)c5ccccc5)nc4=O)O[C@@H]3COP(=O)(Oc3ccccc3Cl)O[C@H]3C[C@H](n4cnc5c(=O)[nH]c(NCC(C)C)nc54)O[C@@H]3CO)O2)c(=O)[nH]c1=O. The van der Waals surface area contributed by atoms with Gasteiger partial charge in [0.05, 0.1) is 41.2 Å². The number of benzene rings is 4. The van der Waals surface area contributed by atoms with E-state index in [0.717, 1.165) is 9.13 Å². The summed E-state index contributed by atoms with van der Waals surface area (Å²) in [5.74, 6) is -1.10. The standard InChI is InChI=1S/C58H60Cl3N10O21P3/c1-32(2)26-62-56-66-52-51(55(75)67-56)63-31-71(52)50-23-41(44(28-72)84-50)91-94(80,89-39-19-11-8-16-36(39)60)83-30-46-43(25-48(85-46)69-22-21-47(65-57(69)76)64-54(74)34-13-5-4-6-14-34)92-95(81,90-40-20-12-9-17-37(40)61)82-29-45-42(88-93(78,79)87-38-18-10-7-15-35(38)59)24-49(86-45)70-27-33(3)53(73)68-58(70)77/h4-22,27,31-32,41-46,48-50,72H,23-26,28-30H2,1-3H3,(H,78,79)(H,68,73,77)(H2,62,66,67,75)(H,64,65,74,76)/t41-,42-,43-,44+,45+,46+,48+,49+,50+,94?,95?/m0/s1. The van der Waals surface area contributed by atoms with Gasteiger partial charge < -0.3 is 43.5 Å². The first-order chi connectivity index (χ1) is 45.4. The molecule has 11 rings (SSSR count). The van der Waals surface area contributed by atoms with Crippen LogP contribution in [0.2, 0.25) is 15.1 Å². The molecule has 4 aromatic heterocycles. The first kappa shape index (κ1) is 69.0. The molecule has 0 saturated carbocycles. The van der Waals surface area contributed by atoms with Crippen molar-refractivity contribution < 1.29 is 78.9 Å². The average molecular weight is 1430 g/mol. The van der Waals surface area contributed by atoms with E-state index in [1.165, 1.54) is 96.9 Å². The third-order valence-electron chi connectivity index (χ3n) is 14.8. The summed E-state index contributed by atoms with van der Waals surface area (Å²) in [6, 6.07) is 26.7. The van der Waals surface area contributed by atoms with Crippen LogP contribution in [0.5, 0.6) is 17.2 Å². The number of carbonyl (C=O) groups excluding carboxylic acids is 1. The zero-order chi connectivity index (χ0) is 67.3. The number of hydrogen-bond acceptors (Lipinski definition) is 24. The molecule has 0 bridgehead atoms. The predicted octanol–water partition coefficient (Wildman–Crippen LogP) is 9.11. The number of nitrogens with zero attached hydrogens (tertiary/aromatic N) is 6. The van der Waals surface area contributed by atoms with Crippen molar-refractivity contribution in [1.82, 2.24) is 38.6 Å². The van der Waals surface area contributed by atoms with Crippen LogP contribution >= 0.6 is 58.3 Å². The molecule has 12 atom stereocenters. The van der Waals surface area contributed by atoms with Gasteiger partial charge in [-0.2, -0.15) is 9.97 Å². The van der Waals surface area contributed by atoms with E-state index in [9.17, 15) is 38.5 Å². The largest absolute Gasteiger partial charge is 0.530 e. The molecule has 37 heteroatoms. The number of para-hydroxylation sites is 3. The molecule has 8 aromatic rings. The lowest BCUT2D eigenvalue weighted by Crippen LogP contribution is -2.33. The summed E-state index contributed by atoms with van der Waals surface area (Å²) >= 11 is 19.4. The second-order valence-corrected chi connectivity index (χ2v) is 27.7. The van der Waals surface area contributed by atoms with Crippen LogP contribution in [-0.2, 0) is 50.5 Å². The fourth-order valence-corrected chi connectivity index (χ4v) is 14.7. The van der Waals surface area contributed by atoms with Crippen molar-refractivity contribution in [3.63, 3.8) is 0 Å². The van der Waals surface area contributed by atoms with Crippen molar-refractivity contribution in [1.29, 1.82) is 0 Å². The molecule has 3 saturated heterocycles. The van der Waals surface area contributed by atoms with Crippen LogP contribution in [-0.4, -0.2) is 118 Å². The number of carbonyl (C=O) groups is 1. The first-order valence-electron chi connectivity index (χ1n) is 29.2. The molecular formula is C58H60Cl3N10O21P3. The normalized spacial score (nSPS) is 23.0. The van der Waals surface area contributed by atoms with Crippen LogP contribution in [0.25, 0.3) is 11.2 Å². The molecule has 504 valence electrons. The molecule has 31 nitrogen and oxygen atoms in total. The number of imidazole rings is 1. The van der Waals surface area contributed by atoms with Crippen LogP contribution in [0.4, 0.5) is 11.8 Å². The van der Waals surface area contributed by atoms with Crippen LogP contribution in [0.1, 0.15) is 67.7 Å². The topological polar surface area (TPSA) is 388 Å². The Morgan fingerprint density at radius 3 is 1.74 bits per heavy atom. The Labute approximate surface area is 553 Å². The smallest absolute Gasteiger partial charge is 0.403 e. The number of aliphatic hydroxyl groups is 1. The van der Waals surface area contributed by atoms with Crippen LogP contribution in [0, 0.1) is 12.8 Å². The maximum Gasteiger partial charge on any atom is 0.530 e. The van der Waals surface area contributed by atoms with E-state index in [1.807, 2.05) is 13.8 Å². The summed E-state index contributed by atoms with van der Waals surface area (Å²) in [5, 5.41) is 16.2. The van der Waals surface area contributed by atoms with E-state index in [1.54, 1.807) is 42.5 Å². The number of halogens is 3. The van der Waals surface area contributed by atoms with Gasteiger partial charge in [0, 0.05) is 49.3 Å². The van der Waals surface area contributed by atoms with E-state index >= 15 is 9.13 Å². The molecule has 7 heterocycles. The summed E-state index contributed by atoms with van der Waals surface area (Å²) in [6.45, 7) is 3.31. The Balaban J connectivity index is 0.917. The van der Waals surface area contributed by atoms with Gasteiger partial charge in [-0.15, -0.1) is 0 Å². The Kier molecular flexibility index (Phi) is 21.4. The van der Waals surface area contributed by atoms with Crippen LogP contribution < -0.4 is 46.7 Å². The number of aryl methyl sites for hydroxylation is 1. The van der Waals surface area contributed by atoms with Gasteiger partial charge in [0.25, 0.3) is 17.0 Å². The lowest BCUT2D eigenvalue weighted by molar-refractivity contribution is -0.0602. The van der Waals surface area contributed by atoms with Gasteiger partial charge in [0.15, 0.2) is 11.2 Å². The highest BCUT2D eigenvalue weighted by Gasteiger charge is 2.50. The Morgan fingerprint density at radius 2 is 1.18 bits per heavy atom. The van der Waals surface area contributed by atoms with Crippen LogP contribution in [0.3, 0.4) is 0 Å². The highest BCUT2D eigenvalue weighted by atomic mass is 35.5. The molecule has 3 aliphatic rings. The predicted molar refractivity (Wildman–Crippen MR) is 341 cm³/mol. The Hall–Kier alpha value is -7.38. The average Bonchev–Trinajstić information content (AvgIpc) is 1.65. The number of aliphatic hydroxyl groups excluding tert-OH is 1. The molecule has 4 aromatic carbocycles. The Morgan fingerprint density at radius 1 is 0.663 bits per heavy atom. The monoisotopic (exact) mass is 1430 g/mol. The lowest BCUT2D eigenvalue weighted by Gasteiger charge is -2.28. The fourth-order valence-electron chi connectivity index (χ4n) is 10.1. The van der Waals surface area contributed by atoms with Crippen molar-refractivity contribution >= 4 is 87.1 Å². The highest BCUT2D eigenvalue weighted by molar-refractivity contribution is 7.49. The fraction of sp³-hybridized carbons (Fsp3) is 0.345. The van der Waals surface area contributed by atoms with Crippen molar-refractivity contribution in [2.24, 2.45) is 5.92 Å². The summed E-state index contributed by atoms with van der Waals surface area (Å²) in [4.78, 5) is 94.9. The number of anilines is 2. The third kappa shape index (κ3) is 16.7.